The van der Waals surface area contributed by atoms with Gasteiger partial charge in [0.05, 0.1) is 12.9 Å². The van der Waals surface area contributed by atoms with E-state index in [4.69, 9.17) is 4.74 Å². The minimum atomic E-state index is -3.42. The van der Waals surface area contributed by atoms with E-state index in [1.54, 1.807) is 36.6 Å². The van der Waals surface area contributed by atoms with E-state index >= 15 is 0 Å². The molecular formula is C49H85F2N7O3. The van der Waals surface area contributed by atoms with Gasteiger partial charge >= 0.3 is 6.29 Å². The molecule has 5 aliphatic rings. The third kappa shape index (κ3) is 42.7. The summed E-state index contributed by atoms with van der Waals surface area (Å²) < 4.78 is 35.0. The summed E-state index contributed by atoms with van der Waals surface area (Å²) in [6.07, 6.45) is 32.1. The number of hydrogen-bond acceptors (Lipinski definition) is 8. The van der Waals surface area contributed by atoms with Crippen molar-refractivity contribution in [2.75, 3.05) is 13.2 Å². The predicted octanol–water partition coefficient (Wildman–Crippen LogP) is 14.5. The number of ether oxygens (including phenoxy) is 3. The molecular weight excluding hydrogens is 773 g/mol. The van der Waals surface area contributed by atoms with E-state index in [1.807, 2.05) is 109 Å². The van der Waals surface area contributed by atoms with E-state index in [0.717, 1.165) is 32.1 Å². The van der Waals surface area contributed by atoms with E-state index in [-0.39, 0.29) is 0 Å². The lowest BCUT2D eigenvalue weighted by Crippen LogP contribution is -2.14. The Morgan fingerprint density at radius 3 is 1.57 bits per heavy atom. The zero-order valence-electron chi connectivity index (χ0n) is 40.4. The summed E-state index contributed by atoms with van der Waals surface area (Å²) in [7, 11) is 0. The third-order valence-electron chi connectivity index (χ3n) is 6.53. The lowest BCUT2D eigenvalue weighted by molar-refractivity contribution is -0.329. The first-order valence-corrected chi connectivity index (χ1v) is 22.6. The molecule has 2 aliphatic carbocycles. The maximum absolute atomic E-state index is 11.4. The van der Waals surface area contributed by atoms with Crippen LogP contribution in [0.25, 0.3) is 6.08 Å². The molecule has 348 valence electrons. The van der Waals surface area contributed by atoms with Crippen LogP contribution in [0.5, 0.6) is 0 Å². The summed E-state index contributed by atoms with van der Waals surface area (Å²) >= 11 is 0. The number of halogens is 2. The molecule has 4 aromatic rings. The summed E-state index contributed by atoms with van der Waals surface area (Å²) in [6.45, 7) is 30.1. The molecule has 0 amide bonds. The number of H-pyrrole nitrogens is 2. The largest absolute Gasteiger partial charge is 0.585 e. The quantitative estimate of drug-likeness (QED) is 0.160. The van der Waals surface area contributed by atoms with Crippen molar-refractivity contribution in [3.63, 3.8) is 0 Å². The fourth-order valence-corrected chi connectivity index (χ4v) is 4.28. The van der Waals surface area contributed by atoms with Crippen LogP contribution < -0.4 is 5.32 Å². The van der Waals surface area contributed by atoms with Gasteiger partial charge in [-0.15, -0.1) is 8.78 Å². The van der Waals surface area contributed by atoms with Crippen LogP contribution in [0.1, 0.15) is 151 Å². The number of benzene rings is 1. The van der Waals surface area contributed by atoms with Crippen LogP contribution in [0.3, 0.4) is 0 Å². The van der Waals surface area contributed by atoms with Crippen molar-refractivity contribution >= 4 is 6.08 Å². The molecule has 9 rings (SSSR count). The van der Waals surface area contributed by atoms with Gasteiger partial charge in [0.25, 0.3) is 0 Å². The number of aromatic nitrogens is 6. The highest BCUT2D eigenvalue weighted by Gasteiger charge is 2.35. The average Bonchev–Trinajstić information content (AvgIpc) is 4.25. The van der Waals surface area contributed by atoms with Crippen LogP contribution in [0.2, 0.25) is 0 Å². The molecule has 3 N–H and O–H groups in total. The number of aromatic amines is 2. The van der Waals surface area contributed by atoms with Gasteiger partial charge in [-0.2, -0.15) is 5.10 Å². The summed E-state index contributed by atoms with van der Waals surface area (Å²) in [5.41, 5.74) is 5.86. The van der Waals surface area contributed by atoms with Gasteiger partial charge in [-0.05, 0) is 86.4 Å². The Kier molecular flexibility index (Phi) is 60.4. The smallest absolute Gasteiger partial charge is 0.502 e. The van der Waals surface area contributed by atoms with Crippen molar-refractivity contribution in [1.82, 2.24) is 35.5 Å². The molecule has 0 atom stereocenters. The van der Waals surface area contributed by atoms with E-state index in [9.17, 15) is 8.78 Å². The van der Waals surface area contributed by atoms with Crippen molar-refractivity contribution in [3.05, 3.63) is 140 Å². The number of fused-ring (bicyclic) bond motifs is 2. The highest BCUT2D eigenvalue weighted by molar-refractivity contribution is 5.59. The molecule has 0 radical (unpaired) electrons. The summed E-state index contributed by atoms with van der Waals surface area (Å²) in [4.78, 5) is 14.3. The van der Waals surface area contributed by atoms with Gasteiger partial charge in [0, 0.05) is 43.2 Å². The lowest BCUT2D eigenvalue weighted by atomic mass is 9.98. The van der Waals surface area contributed by atoms with E-state index in [1.165, 1.54) is 74.4 Å². The number of alkyl halides is 2. The zero-order valence-corrected chi connectivity index (χ0v) is 40.4. The highest BCUT2D eigenvalue weighted by Crippen LogP contribution is 2.22. The Morgan fingerprint density at radius 1 is 0.623 bits per heavy atom. The molecule has 0 fully saturated rings. The second-order valence-corrected chi connectivity index (χ2v) is 10.0. The Morgan fingerprint density at radius 2 is 1.23 bits per heavy atom. The predicted molar refractivity (Wildman–Crippen MR) is 257 cm³/mol. The first kappa shape index (κ1) is 64.9. The van der Waals surface area contributed by atoms with E-state index < -0.39 is 6.29 Å². The zero-order chi connectivity index (χ0) is 47.1. The molecule has 3 aromatic heterocycles. The lowest BCUT2D eigenvalue weighted by Gasteiger charge is -2.08. The Balaban J connectivity index is -0.000000192. The molecule has 0 unspecified atom stereocenters. The number of allylic oxidation sites excluding steroid dienone is 2. The second kappa shape index (κ2) is 56.8. The molecule has 3 aliphatic heterocycles. The monoisotopic (exact) mass is 858 g/mol. The van der Waals surface area contributed by atoms with Crippen LogP contribution in [-0.4, -0.2) is 49.6 Å². The van der Waals surface area contributed by atoms with Crippen molar-refractivity contribution in [3.8, 4) is 0 Å². The summed E-state index contributed by atoms with van der Waals surface area (Å²) in [5, 5.41) is 9.03. The molecule has 0 saturated heterocycles. The summed E-state index contributed by atoms with van der Waals surface area (Å²) in [6, 6.07) is 10.7. The van der Waals surface area contributed by atoms with Crippen molar-refractivity contribution < 1.29 is 23.0 Å². The highest BCUT2D eigenvalue weighted by atomic mass is 19.3. The fourth-order valence-electron chi connectivity index (χ4n) is 4.28. The fraction of sp³-hybridized carbons (Fsp3) is 0.510. The molecule has 61 heavy (non-hydrogen) atoms. The van der Waals surface area contributed by atoms with Gasteiger partial charge in [0.1, 0.15) is 25.2 Å². The van der Waals surface area contributed by atoms with Crippen LogP contribution in [0.4, 0.5) is 8.78 Å². The standard InChI is InChI=1S/C9H8.C8H11N.C5H8O.C4H4N2.C4H7N.C3H2F2O2.C2H3N3.7C2H6/c1-2-5-9-7-3-6-8(9)4-1;1-2-4-8-7(3-1)5-6-9-8;1-2-4-6-5-3-1;1-2-6-4-3-5-1;1-2-4-5-3-1;4-3(5)6-1-2-7-3;1-3-2-5-4-1;7*1-2/h1-6H,7H2;5-6,9H,1-4H2;2,4H,1,3,5H2;1-4H;1,3,5H,2,4H2;1-2H;1-2H,(H,3,4,5);7*1-2H3. The number of rotatable bonds is 0. The van der Waals surface area contributed by atoms with E-state index in [2.05, 4.69) is 99.7 Å². The van der Waals surface area contributed by atoms with Gasteiger partial charge in [-0.1, -0.05) is 139 Å². The maximum atomic E-state index is 11.4. The van der Waals surface area contributed by atoms with Crippen molar-refractivity contribution in [1.29, 1.82) is 0 Å². The topological polar surface area (TPSA) is 123 Å². The Bertz CT molecular complexity index is 1360. The SMILES string of the molecule is C1=CNCC1.C1=COCCC1.C1=Cc2ccccc2C1.CC.CC.CC.CC.CC.CC.CC.FC1(F)OC=CO1.c1cc2c([nH]1)CCCC2.c1cnccn1.c1nc[nH]n1. The Labute approximate surface area is 370 Å². The average molecular weight is 858 g/mol. The molecule has 0 bridgehead atoms. The molecule has 1 aromatic carbocycles. The normalized spacial score (nSPS) is 13.0. The minimum Gasteiger partial charge on any atom is -0.502 e. The Hall–Kier alpha value is -5.26. The van der Waals surface area contributed by atoms with E-state index in [0.29, 0.717) is 0 Å². The van der Waals surface area contributed by atoms with Crippen LogP contribution >= 0.6 is 0 Å². The molecule has 10 nitrogen and oxygen atoms in total. The number of aryl methyl sites for hydroxylation is 2. The molecule has 12 heteroatoms. The summed E-state index contributed by atoms with van der Waals surface area (Å²) in [5.74, 6) is 0. The number of hydrogen-bond donors (Lipinski definition) is 3. The van der Waals surface area contributed by atoms with Crippen LogP contribution in [-0.2, 0) is 33.5 Å². The first-order chi connectivity index (χ1) is 30.1. The van der Waals surface area contributed by atoms with Gasteiger partial charge in [-0.3, -0.25) is 15.1 Å². The van der Waals surface area contributed by atoms with Gasteiger partial charge < -0.3 is 24.5 Å². The molecule has 6 heterocycles. The third-order valence-corrected chi connectivity index (χ3v) is 6.53. The number of nitrogens with zero attached hydrogens (tertiary/aromatic N) is 4. The minimum absolute atomic E-state index is 0.792. The van der Waals surface area contributed by atoms with Gasteiger partial charge in [0.2, 0.25) is 0 Å². The molecule has 0 saturated carbocycles. The van der Waals surface area contributed by atoms with Crippen molar-refractivity contribution in [2.45, 2.75) is 155 Å². The first-order valence-electron chi connectivity index (χ1n) is 22.6. The second-order valence-electron chi connectivity index (χ2n) is 10.0. The van der Waals surface area contributed by atoms with Gasteiger partial charge in [-0.25, -0.2) is 4.98 Å². The number of nitrogens with one attached hydrogen (secondary N) is 3. The van der Waals surface area contributed by atoms with Crippen molar-refractivity contribution in [2.24, 2.45) is 0 Å². The molecule has 0 spiro atoms. The van der Waals surface area contributed by atoms with Crippen LogP contribution in [0.15, 0.2) is 117 Å². The maximum Gasteiger partial charge on any atom is 0.585 e. The van der Waals surface area contributed by atoms with Crippen LogP contribution in [0, 0.1) is 0 Å². The van der Waals surface area contributed by atoms with Gasteiger partial charge in [0.15, 0.2) is 0 Å².